The molecule has 0 radical (unpaired) electrons. The lowest BCUT2D eigenvalue weighted by Crippen LogP contribution is -2.23. The third-order valence-corrected chi connectivity index (χ3v) is 7.73. The van der Waals surface area contributed by atoms with E-state index >= 15 is 0 Å². The van der Waals surface area contributed by atoms with E-state index < -0.39 is 17.4 Å². The van der Waals surface area contributed by atoms with Crippen LogP contribution in [0.15, 0.2) is 62.2 Å². The van der Waals surface area contributed by atoms with Crippen LogP contribution in [0.4, 0.5) is 0 Å². The number of nitrogens with zero attached hydrogens (tertiary/aromatic N) is 6. The van der Waals surface area contributed by atoms with Gasteiger partial charge in [0.15, 0.2) is 23.8 Å². The monoisotopic (exact) mass is 677 g/mol. The molecule has 4 N–H and O–H groups in total. The maximum absolute atomic E-state index is 13.8. The number of rotatable bonds is 17. The molecule has 0 aliphatic rings. The molecule has 0 aliphatic carbocycles. The van der Waals surface area contributed by atoms with Gasteiger partial charge in [0.1, 0.15) is 17.1 Å². The number of nitrogens with one attached hydrogen (secondary N) is 1. The Bertz CT molecular complexity index is 1870. The largest absolute Gasteiger partial charge is 0.519 e. The lowest BCUT2D eigenvalue weighted by molar-refractivity contribution is -0.492. The topological polar surface area (TPSA) is 215 Å². The molecule has 0 atom stereocenters. The molecule has 0 unspecified atom stereocenters. The van der Waals surface area contributed by atoms with Crippen molar-refractivity contribution < 1.29 is 38.7 Å². The fraction of sp³-hybridized carbons (Fsp3) is 0.394. The predicted octanol–water partition coefficient (Wildman–Crippen LogP) is 4.59. The summed E-state index contributed by atoms with van der Waals surface area (Å²) >= 11 is 0. The Kier molecular flexibility index (Phi) is 11.5. The molecule has 0 spiro atoms. The number of esters is 1. The predicted molar refractivity (Wildman–Crippen MR) is 171 cm³/mol. The molecular formula is C33H39N7O9. The van der Waals surface area contributed by atoms with Crippen molar-refractivity contribution in [1.82, 2.24) is 35.6 Å². The number of carbonyl (C=O) groups excluding carboxylic acids is 1. The van der Waals surface area contributed by atoms with Crippen molar-refractivity contribution in [3.63, 3.8) is 0 Å². The first-order valence-electron chi connectivity index (χ1n) is 15.9. The zero-order valence-electron chi connectivity index (χ0n) is 27.5. The minimum absolute atomic E-state index is 0.0767. The van der Waals surface area contributed by atoms with Crippen molar-refractivity contribution in [2.45, 2.75) is 78.0 Å². The fourth-order valence-electron chi connectivity index (χ4n) is 5.44. The molecule has 0 saturated heterocycles. The van der Waals surface area contributed by atoms with Gasteiger partial charge < -0.3 is 23.2 Å². The number of hydrogen-bond donors (Lipinski definition) is 4. The lowest BCUT2D eigenvalue weighted by Gasteiger charge is -2.18. The normalized spacial score (nSPS) is 11.8. The van der Waals surface area contributed by atoms with Crippen LogP contribution in [0.25, 0.3) is 22.5 Å². The second kappa shape index (κ2) is 15.9. The molecule has 16 nitrogen and oxygen atoms in total. The average Bonchev–Trinajstić information content (AvgIpc) is 3.81. The summed E-state index contributed by atoms with van der Waals surface area (Å²) < 4.78 is 17.8. The number of aromatic nitrogens is 6. The third-order valence-electron chi connectivity index (χ3n) is 7.73. The molecule has 0 saturated carbocycles. The highest BCUT2D eigenvalue weighted by molar-refractivity contribution is 5.89. The number of imidazole rings is 1. The molecule has 0 fully saturated rings. The van der Waals surface area contributed by atoms with Crippen LogP contribution in [0.3, 0.4) is 0 Å². The van der Waals surface area contributed by atoms with Gasteiger partial charge in [-0.15, -0.1) is 10.2 Å². The van der Waals surface area contributed by atoms with Crippen molar-refractivity contribution in [1.29, 1.82) is 0 Å². The van der Waals surface area contributed by atoms with Crippen LogP contribution in [-0.2, 0) is 41.2 Å². The molecule has 3 heterocycles. The molecule has 16 heteroatoms. The van der Waals surface area contributed by atoms with Gasteiger partial charge in [-0.1, -0.05) is 61.9 Å². The summed E-state index contributed by atoms with van der Waals surface area (Å²) in [5, 5.41) is 42.4. The summed E-state index contributed by atoms with van der Waals surface area (Å²) in [5.41, 5.74) is 2.37. The summed E-state index contributed by atoms with van der Waals surface area (Å²) in [6.45, 7) is 5.10. The zero-order chi connectivity index (χ0) is 35.0. The first-order chi connectivity index (χ1) is 23.5. The summed E-state index contributed by atoms with van der Waals surface area (Å²) in [7, 11) is 0. The SMILES string of the molecule is CCCc1nc(C(C)(C)O)c(C(=O)OCc2oc(=O)oc2CCCCCON(O)O)n1Cc1ccc(-c2ccccc2-c2nn[nH]n2)cc1. The van der Waals surface area contributed by atoms with Crippen LogP contribution in [0.5, 0.6) is 0 Å². The van der Waals surface area contributed by atoms with Crippen LogP contribution in [0, 0.1) is 0 Å². The van der Waals surface area contributed by atoms with Crippen LogP contribution in [0.1, 0.15) is 85.5 Å². The fourth-order valence-corrected chi connectivity index (χ4v) is 5.44. The van der Waals surface area contributed by atoms with Crippen molar-refractivity contribution in [2.75, 3.05) is 6.61 Å². The third kappa shape index (κ3) is 8.92. The maximum Gasteiger partial charge on any atom is 0.519 e. The minimum atomic E-state index is -1.47. The highest BCUT2D eigenvalue weighted by Gasteiger charge is 2.33. The number of aliphatic hydroxyl groups is 1. The molecular weight excluding hydrogens is 638 g/mol. The van der Waals surface area contributed by atoms with Gasteiger partial charge in [-0.2, -0.15) is 5.21 Å². The quantitative estimate of drug-likeness (QED) is 0.0602. The molecule has 3 aromatic heterocycles. The second-order valence-corrected chi connectivity index (χ2v) is 11.9. The summed E-state index contributed by atoms with van der Waals surface area (Å²) in [4.78, 5) is 34.9. The molecule has 49 heavy (non-hydrogen) atoms. The van der Waals surface area contributed by atoms with Crippen molar-refractivity contribution in [2.24, 2.45) is 0 Å². The van der Waals surface area contributed by atoms with Gasteiger partial charge in [0.2, 0.25) is 5.82 Å². The maximum atomic E-state index is 13.8. The minimum Gasteiger partial charge on any atom is -0.453 e. The molecule has 260 valence electrons. The molecule has 0 aliphatic heterocycles. The van der Waals surface area contributed by atoms with Crippen molar-refractivity contribution in [3.8, 4) is 22.5 Å². The number of tetrazole rings is 1. The number of unbranched alkanes of at least 4 members (excludes halogenated alkanes) is 2. The van der Waals surface area contributed by atoms with Crippen LogP contribution in [0.2, 0.25) is 0 Å². The molecule has 0 amide bonds. The number of H-pyrrole nitrogens is 1. The summed E-state index contributed by atoms with van der Waals surface area (Å²) in [5.74, 6) is -0.251. The Morgan fingerprint density at radius 3 is 2.41 bits per heavy atom. The Morgan fingerprint density at radius 1 is 1.00 bits per heavy atom. The van der Waals surface area contributed by atoms with E-state index in [2.05, 4.69) is 25.5 Å². The number of hydrogen-bond acceptors (Lipinski definition) is 14. The van der Waals surface area contributed by atoms with E-state index in [0.29, 0.717) is 43.8 Å². The summed E-state index contributed by atoms with van der Waals surface area (Å²) in [6, 6.07) is 15.6. The smallest absolute Gasteiger partial charge is 0.453 e. The van der Waals surface area contributed by atoms with Gasteiger partial charge in [-0.3, -0.25) is 15.3 Å². The van der Waals surface area contributed by atoms with E-state index in [1.165, 1.54) is 0 Å². The van der Waals surface area contributed by atoms with Gasteiger partial charge in [0.25, 0.3) is 0 Å². The Labute approximate surface area is 280 Å². The highest BCUT2D eigenvalue weighted by Crippen LogP contribution is 2.31. The Hall–Kier alpha value is -5.00. The van der Waals surface area contributed by atoms with E-state index in [1.54, 1.807) is 18.4 Å². The Balaban J connectivity index is 1.36. The second-order valence-electron chi connectivity index (χ2n) is 11.9. The van der Waals surface area contributed by atoms with E-state index in [1.807, 2.05) is 55.5 Å². The van der Waals surface area contributed by atoms with E-state index in [0.717, 1.165) is 28.7 Å². The van der Waals surface area contributed by atoms with Gasteiger partial charge in [-0.25, -0.2) is 14.6 Å². The van der Waals surface area contributed by atoms with Gasteiger partial charge in [0.05, 0.1) is 12.0 Å². The first-order valence-corrected chi connectivity index (χ1v) is 15.9. The lowest BCUT2D eigenvalue weighted by atomic mass is 9.98. The highest BCUT2D eigenvalue weighted by atomic mass is 17.1. The number of carbonyl (C=O) groups is 1. The number of aromatic amines is 1. The van der Waals surface area contributed by atoms with Gasteiger partial charge in [-0.05, 0) is 55.0 Å². The van der Waals surface area contributed by atoms with E-state index in [9.17, 15) is 14.7 Å². The van der Waals surface area contributed by atoms with Crippen LogP contribution >= 0.6 is 0 Å². The van der Waals surface area contributed by atoms with Crippen molar-refractivity contribution in [3.05, 3.63) is 93.4 Å². The van der Waals surface area contributed by atoms with Crippen LogP contribution < -0.4 is 5.82 Å². The molecule has 2 aromatic carbocycles. The Morgan fingerprint density at radius 2 is 1.73 bits per heavy atom. The van der Waals surface area contributed by atoms with Gasteiger partial charge >= 0.3 is 11.8 Å². The van der Waals surface area contributed by atoms with E-state index in [4.69, 9.17) is 29.0 Å². The van der Waals surface area contributed by atoms with Gasteiger partial charge in [0, 0.05) is 24.9 Å². The first kappa shape index (κ1) is 35.3. The molecule has 5 aromatic rings. The number of benzene rings is 2. The van der Waals surface area contributed by atoms with Crippen LogP contribution in [-0.4, -0.2) is 63.7 Å². The number of ether oxygens (including phenoxy) is 1. The van der Waals surface area contributed by atoms with Crippen molar-refractivity contribution >= 4 is 5.97 Å². The summed E-state index contributed by atoms with van der Waals surface area (Å²) in [6.07, 6.45) is 3.33. The molecule has 5 rings (SSSR count). The molecule has 0 bridgehead atoms. The van der Waals surface area contributed by atoms with E-state index in [-0.39, 0.29) is 48.1 Å². The standard InChI is InChI=1S/C33H39N7O9/c1-4-10-27-34-29(33(2,3)43)28(31(41)46-20-26-25(48-32(42)49-26)13-6-5-9-18-47-40(44)45)39(27)19-21-14-16-22(17-15-21)23-11-7-8-12-24(23)30-35-37-38-36-30/h7-8,11-12,14-17,43-45H,4-6,9-10,13,18-20H2,1-3H3,(H,35,36,37,38). The number of aryl methyl sites for hydroxylation is 2. The zero-order valence-corrected chi connectivity index (χ0v) is 27.5. The average molecular weight is 678 g/mol.